The molecular weight excluding hydrogens is 406 g/mol. The van der Waals surface area contributed by atoms with Crippen LogP contribution in [0, 0.1) is 5.92 Å². The van der Waals surface area contributed by atoms with E-state index in [1.54, 1.807) is 7.11 Å². The van der Waals surface area contributed by atoms with Gasteiger partial charge in [-0.25, -0.2) is 0 Å². The Morgan fingerprint density at radius 1 is 1.16 bits per heavy atom. The number of rotatable bonds is 8. The van der Waals surface area contributed by atoms with Crippen LogP contribution in [0.25, 0.3) is 0 Å². The molecule has 2 heterocycles. The van der Waals surface area contributed by atoms with Crippen LogP contribution in [0.5, 0.6) is 5.75 Å². The average molecular weight is 446 g/mol. The summed E-state index contributed by atoms with van der Waals surface area (Å²) in [5.41, 5.74) is 1.26. The van der Waals surface area contributed by atoms with E-state index in [1.165, 1.54) is 5.69 Å². The molecule has 1 atom stereocenters. The van der Waals surface area contributed by atoms with Crippen molar-refractivity contribution in [1.29, 1.82) is 0 Å². The summed E-state index contributed by atoms with van der Waals surface area (Å²) in [4.78, 5) is 23.7. The van der Waals surface area contributed by atoms with E-state index < -0.39 is 0 Å². The van der Waals surface area contributed by atoms with Crippen molar-refractivity contribution >= 4 is 17.6 Å². The van der Waals surface area contributed by atoms with Gasteiger partial charge >= 0.3 is 5.97 Å². The van der Waals surface area contributed by atoms with Crippen molar-refractivity contribution in [3.63, 3.8) is 0 Å². The fourth-order valence-electron chi connectivity index (χ4n) is 4.48. The number of esters is 1. The lowest BCUT2D eigenvalue weighted by molar-refractivity contribution is -0.149. The quantitative estimate of drug-likeness (QED) is 0.284. The van der Waals surface area contributed by atoms with Gasteiger partial charge in [-0.3, -0.25) is 14.7 Å². The predicted molar refractivity (Wildman–Crippen MR) is 129 cm³/mol. The number of anilines is 1. The number of benzene rings is 1. The first-order valence-corrected chi connectivity index (χ1v) is 11.9. The van der Waals surface area contributed by atoms with Gasteiger partial charge in [-0.15, -0.1) is 0 Å². The maximum Gasteiger partial charge on any atom is 0.310 e. The van der Waals surface area contributed by atoms with Gasteiger partial charge in [0.2, 0.25) is 0 Å². The summed E-state index contributed by atoms with van der Waals surface area (Å²) < 4.78 is 10.5. The van der Waals surface area contributed by atoms with E-state index >= 15 is 0 Å². The van der Waals surface area contributed by atoms with Gasteiger partial charge in [0.05, 0.1) is 19.6 Å². The molecule has 2 fully saturated rings. The zero-order valence-electron chi connectivity index (χ0n) is 19.9. The van der Waals surface area contributed by atoms with E-state index in [0.29, 0.717) is 13.2 Å². The molecule has 0 amide bonds. The highest BCUT2D eigenvalue weighted by atomic mass is 16.5. The monoisotopic (exact) mass is 445 g/mol. The molecule has 0 radical (unpaired) electrons. The van der Waals surface area contributed by atoms with Crippen molar-refractivity contribution in [3.05, 3.63) is 24.3 Å². The van der Waals surface area contributed by atoms with Gasteiger partial charge in [0, 0.05) is 58.5 Å². The van der Waals surface area contributed by atoms with Gasteiger partial charge < -0.3 is 24.6 Å². The number of nitrogens with zero attached hydrogens (tertiary/aromatic N) is 4. The Kier molecular flexibility index (Phi) is 9.46. The third kappa shape index (κ3) is 6.76. The lowest BCUT2D eigenvalue weighted by Gasteiger charge is -2.36. The number of guanidine groups is 1. The second kappa shape index (κ2) is 12.5. The number of piperidine rings is 1. The van der Waals surface area contributed by atoms with Crippen molar-refractivity contribution in [1.82, 2.24) is 15.1 Å². The minimum absolute atomic E-state index is 0.0516. The third-order valence-corrected chi connectivity index (χ3v) is 6.30. The van der Waals surface area contributed by atoms with Crippen molar-refractivity contribution in [2.45, 2.75) is 26.2 Å². The summed E-state index contributed by atoms with van der Waals surface area (Å²) in [7, 11) is 3.51. The largest absolute Gasteiger partial charge is 0.497 e. The summed E-state index contributed by atoms with van der Waals surface area (Å²) in [5, 5.41) is 3.49. The molecule has 0 bridgehead atoms. The van der Waals surface area contributed by atoms with Gasteiger partial charge in [0.15, 0.2) is 5.96 Å². The fourth-order valence-corrected chi connectivity index (χ4v) is 4.48. The number of hydrogen-bond acceptors (Lipinski definition) is 6. The van der Waals surface area contributed by atoms with Crippen LogP contribution in [-0.2, 0) is 9.53 Å². The lowest BCUT2D eigenvalue weighted by Crippen LogP contribution is -2.49. The van der Waals surface area contributed by atoms with Gasteiger partial charge in [-0.1, -0.05) is 0 Å². The Hall–Kier alpha value is -2.48. The number of carbonyl (C=O) groups excluding carboxylic acids is 1. The summed E-state index contributed by atoms with van der Waals surface area (Å²) in [6.07, 6.45) is 2.95. The molecule has 8 nitrogen and oxygen atoms in total. The zero-order valence-corrected chi connectivity index (χ0v) is 19.9. The first-order valence-electron chi connectivity index (χ1n) is 11.9. The Balaban J connectivity index is 1.35. The summed E-state index contributed by atoms with van der Waals surface area (Å²) in [6.45, 7) is 10.1. The highest BCUT2D eigenvalue weighted by molar-refractivity contribution is 5.81. The smallest absolute Gasteiger partial charge is 0.310 e. The molecule has 0 spiro atoms. The van der Waals surface area contributed by atoms with Crippen LogP contribution in [0.2, 0.25) is 0 Å². The number of piperazine rings is 1. The van der Waals surface area contributed by atoms with Gasteiger partial charge in [-0.05, 0) is 57.0 Å². The van der Waals surface area contributed by atoms with E-state index in [0.717, 1.165) is 76.8 Å². The Morgan fingerprint density at radius 3 is 2.56 bits per heavy atom. The van der Waals surface area contributed by atoms with Crippen molar-refractivity contribution < 1.29 is 14.3 Å². The van der Waals surface area contributed by atoms with Crippen molar-refractivity contribution in [3.8, 4) is 5.75 Å². The van der Waals surface area contributed by atoms with Gasteiger partial charge in [0.1, 0.15) is 5.75 Å². The molecule has 0 aromatic heterocycles. The number of ether oxygens (including phenoxy) is 2. The summed E-state index contributed by atoms with van der Waals surface area (Å²) >= 11 is 0. The van der Waals surface area contributed by atoms with Crippen LogP contribution in [0.4, 0.5) is 5.69 Å². The molecule has 1 aromatic carbocycles. The molecule has 32 heavy (non-hydrogen) atoms. The van der Waals surface area contributed by atoms with Crippen molar-refractivity contribution in [2.75, 3.05) is 78.0 Å². The van der Waals surface area contributed by atoms with Crippen LogP contribution < -0.4 is 15.0 Å². The highest BCUT2D eigenvalue weighted by Crippen LogP contribution is 2.21. The number of hydrogen-bond donors (Lipinski definition) is 1. The molecule has 2 saturated heterocycles. The average Bonchev–Trinajstić information content (AvgIpc) is 2.85. The molecular formula is C24H39N5O3. The highest BCUT2D eigenvalue weighted by Gasteiger charge is 2.28. The van der Waals surface area contributed by atoms with Crippen LogP contribution in [0.3, 0.4) is 0 Å². The van der Waals surface area contributed by atoms with Gasteiger partial charge in [0.25, 0.3) is 0 Å². The number of nitrogens with one attached hydrogen (secondary N) is 1. The van der Waals surface area contributed by atoms with E-state index in [9.17, 15) is 4.79 Å². The maximum atomic E-state index is 12.1. The van der Waals surface area contributed by atoms with E-state index in [1.807, 2.05) is 26.1 Å². The first-order chi connectivity index (χ1) is 15.6. The van der Waals surface area contributed by atoms with Crippen LogP contribution in [-0.4, -0.2) is 94.9 Å². The minimum Gasteiger partial charge on any atom is -0.497 e. The normalized spacial score (nSPS) is 20.2. The first kappa shape index (κ1) is 24.2. The SMILES string of the molecule is CCOC(=O)C1CCCN(C(=NC)NCCCN2CCN(c3ccc(OC)cc3)CC2)C1. The molecule has 0 aliphatic carbocycles. The van der Waals surface area contributed by atoms with Crippen LogP contribution in [0.1, 0.15) is 26.2 Å². The van der Waals surface area contributed by atoms with E-state index in [2.05, 4.69) is 37.1 Å². The summed E-state index contributed by atoms with van der Waals surface area (Å²) in [5.74, 6) is 1.66. The standard InChI is InChI=1S/C24H39N5O3/c1-4-32-23(30)20-7-5-14-29(19-20)24(25-2)26-12-6-13-27-15-17-28(18-16-27)21-8-10-22(31-3)11-9-21/h8-11,20H,4-7,12-19H2,1-3H3,(H,25,26). The lowest BCUT2D eigenvalue weighted by atomic mass is 9.98. The fraction of sp³-hybridized carbons (Fsp3) is 0.667. The second-order valence-electron chi connectivity index (χ2n) is 8.39. The second-order valence-corrected chi connectivity index (χ2v) is 8.39. The zero-order chi connectivity index (χ0) is 22.8. The van der Waals surface area contributed by atoms with Crippen molar-refractivity contribution in [2.24, 2.45) is 10.9 Å². The van der Waals surface area contributed by atoms with Gasteiger partial charge in [-0.2, -0.15) is 0 Å². The van der Waals surface area contributed by atoms with Crippen LogP contribution >= 0.6 is 0 Å². The molecule has 1 N–H and O–H groups in total. The third-order valence-electron chi connectivity index (χ3n) is 6.30. The summed E-state index contributed by atoms with van der Waals surface area (Å²) in [6, 6.07) is 8.32. The molecule has 2 aliphatic rings. The Morgan fingerprint density at radius 2 is 1.91 bits per heavy atom. The molecule has 178 valence electrons. The molecule has 3 rings (SSSR count). The number of carbonyl (C=O) groups is 1. The Bertz CT molecular complexity index is 732. The number of methoxy groups -OCH3 is 1. The molecule has 1 aromatic rings. The van der Waals surface area contributed by atoms with E-state index in [4.69, 9.17) is 9.47 Å². The topological polar surface area (TPSA) is 69.6 Å². The van der Waals surface area contributed by atoms with E-state index in [-0.39, 0.29) is 11.9 Å². The molecule has 2 aliphatic heterocycles. The molecule has 1 unspecified atom stereocenters. The maximum absolute atomic E-state index is 12.1. The predicted octanol–water partition coefficient (Wildman–Crippen LogP) is 2.06. The number of aliphatic imine (C=N–C) groups is 1. The number of likely N-dealkylation sites (tertiary alicyclic amines) is 1. The minimum atomic E-state index is -0.0820. The Labute approximate surface area is 192 Å². The molecule has 8 heteroatoms. The molecule has 0 saturated carbocycles. The van der Waals surface area contributed by atoms with Crippen LogP contribution in [0.15, 0.2) is 29.3 Å².